The fraction of sp³-hybridized carbons (Fsp3) is 0.231. The Kier molecular flexibility index (Phi) is 7.22. The number of esters is 1. The van der Waals surface area contributed by atoms with Crippen molar-refractivity contribution in [3.05, 3.63) is 106 Å². The van der Waals surface area contributed by atoms with Crippen molar-refractivity contribution in [2.24, 2.45) is 4.99 Å². The zero-order chi connectivity index (χ0) is 21.6. The summed E-state index contributed by atoms with van der Waals surface area (Å²) >= 11 is 3.51. The Morgan fingerprint density at radius 1 is 0.900 bits per heavy atom. The van der Waals surface area contributed by atoms with Crippen LogP contribution < -0.4 is 0 Å². The SMILES string of the molecule is CC(C)(C)OC(=O)[C@@H](Cc1cccc(Br)c1)N=C(c1ccccc1)c1ccccc1. The molecule has 0 fully saturated rings. The van der Waals surface area contributed by atoms with Gasteiger partial charge in [0.15, 0.2) is 6.04 Å². The van der Waals surface area contributed by atoms with Gasteiger partial charge in [0.05, 0.1) is 5.71 Å². The second-order valence-electron chi connectivity index (χ2n) is 8.09. The van der Waals surface area contributed by atoms with Gasteiger partial charge in [-0.25, -0.2) is 4.79 Å². The molecule has 3 aromatic carbocycles. The molecule has 1 atom stereocenters. The number of rotatable bonds is 6. The minimum Gasteiger partial charge on any atom is -0.458 e. The molecule has 3 nitrogen and oxygen atoms in total. The molecule has 0 saturated heterocycles. The average molecular weight is 464 g/mol. The third-order valence-corrected chi connectivity index (χ3v) is 4.87. The fourth-order valence-electron chi connectivity index (χ4n) is 3.10. The third kappa shape index (κ3) is 6.39. The van der Waals surface area contributed by atoms with Crippen molar-refractivity contribution >= 4 is 27.6 Å². The molecule has 4 heteroatoms. The first-order chi connectivity index (χ1) is 14.3. The molecule has 154 valence electrons. The Labute approximate surface area is 187 Å². The maximum absolute atomic E-state index is 13.1. The normalized spacial score (nSPS) is 12.1. The van der Waals surface area contributed by atoms with Crippen molar-refractivity contribution in [1.29, 1.82) is 0 Å². The van der Waals surface area contributed by atoms with Crippen LogP contribution in [0.1, 0.15) is 37.5 Å². The second-order valence-corrected chi connectivity index (χ2v) is 9.01. The number of aliphatic imine (C=N–C) groups is 1. The maximum Gasteiger partial charge on any atom is 0.331 e. The van der Waals surface area contributed by atoms with E-state index < -0.39 is 11.6 Å². The van der Waals surface area contributed by atoms with Crippen LogP contribution in [0.2, 0.25) is 0 Å². The summed E-state index contributed by atoms with van der Waals surface area (Å²) in [5.74, 6) is -0.327. The number of benzene rings is 3. The molecule has 0 amide bonds. The summed E-state index contributed by atoms with van der Waals surface area (Å²) in [5, 5.41) is 0. The molecule has 0 aliphatic heterocycles. The van der Waals surface area contributed by atoms with Crippen molar-refractivity contribution in [2.45, 2.75) is 38.8 Å². The summed E-state index contributed by atoms with van der Waals surface area (Å²) in [6.07, 6.45) is 0.456. The van der Waals surface area contributed by atoms with E-state index in [1.54, 1.807) is 0 Å². The smallest absolute Gasteiger partial charge is 0.331 e. The molecule has 0 aliphatic rings. The quantitative estimate of drug-likeness (QED) is 0.320. The molecule has 0 bridgehead atoms. The number of hydrogen-bond acceptors (Lipinski definition) is 3. The highest BCUT2D eigenvalue weighted by atomic mass is 79.9. The molecule has 30 heavy (non-hydrogen) atoms. The van der Waals surface area contributed by atoms with Crippen molar-refractivity contribution in [2.75, 3.05) is 0 Å². The Hall–Kier alpha value is -2.72. The standard InChI is InChI=1S/C26H26BrNO2/c1-26(2,3)30-25(29)23(18-19-11-10-16-22(27)17-19)28-24(20-12-6-4-7-13-20)21-14-8-5-9-15-21/h4-17,23H,18H2,1-3H3/t23-/m1/s1. The van der Waals surface area contributed by atoms with E-state index in [4.69, 9.17) is 9.73 Å². The summed E-state index contributed by atoms with van der Waals surface area (Å²) in [5.41, 5.74) is 3.14. The van der Waals surface area contributed by atoms with E-state index in [0.717, 1.165) is 26.9 Å². The molecule has 0 aliphatic carbocycles. The van der Waals surface area contributed by atoms with E-state index in [-0.39, 0.29) is 5.97 Å². The molecule has 0 aromatic heterocycles. The van der Waals surface area contributed by atoms with Gasteiger partial charge in [-0.1, -0.05) is 88.7 Å². The largest absolute Gasteiger partial charge is 0.458 e. The van der Waals surface area contributed by atoms with E-state index in [0.29, 0.717) is 6.42 Å². The van der Waals surface area contributed by atoms with Crippen molar-refractivity contribution in [3.8, 4) is 0 Å². The summed E-state index contributed by atoms with van der Waals surface area (Å²) in [7, 11) is 0. The predicted molar refractivity (Wildman–Crippen MR) is 126 cm³/mol. The van der Waals surface area contributed by atoms with Crippen LogP contribution in [0.15, 0.2) is 94.4 Å². The molecule has 0 spiro atoms. The van der Waals surface area contributed by atoms with Crippen LogP contribution in [0.4, 0.5) is 0 Å². The average Bonchev–Trinajstić information content (AvgIpc) is 2.71. The van der Waals surface area contributed by atoms with Gasteiger partial charge in [-0.05, 0) is 38.5 Å². The van der Waals surface area contributed by atoms with Gasteiger partial charge in [0.2, 0.25) is 0 Å². The van der Waals surface area contributed by atoms with Crippen molar-refractivity contribution in [1.82, 2.24) is 0 Å². The highest BCUT2D eigenvalue weighted by Crippen LogP contribution is 2.19. The summed E-state index contributed by atoms with van der Waals surface area (Å²) < 4.78 is 6.69. The predicted octanol–water partition coefficient (Wildman–Crippen LogP) is 6.24. The number of ether oxygens (including phenoxy) is 1. The number of carbonyl (C=O) groups is 1. The van der Waals surface area contributed by atoms with Gasteiger partial charge < -0.3 is 4.74 Å². The Morgan fingerprint density at radius 2 is 1.47 bits per heavy atom. The maximum atomic E-state index is 13.1. The zero-order valence-corrected chi connectivity index (χ0v) is 19.1. The summed E-state index contributed by atoms with van der Waals surface area (Å²) in [4.78, 5) is 18.1. The molecular weight excluding hydrogens is 438 g/mol. The molecule has 0 heterocycles. The van der Waals surface area contributed by atoms with Crippen LogP contribution in [0.25, 0.3) is 0 Å². The first kappa shape index (κ1) is 22.0. The van der Waals surface area contributed by atoms with Crippen LogP contribution in [0.5, 0.6) is 0 Å². The van der Waals surface area contributed by atoms with Gasteiger partial charge in [-0.15, -0.1) is 0 Å². The van der Waals surface area contributed by atoms with Crippen molar-refractivity contribution in [3.63, 3.8) is 0 Å². The van der Waals surface area contributed by atoms with Gasteiger partial charge in [-0.3, -0.25) is 4.99 Å². The lowest BCUT2D eigenvalue weighted by molar-refractivity contribution is -0.156. The van der Waals surface area contributed by atoms with E-state index >= 15 is 0 Å². The fourth-order valence-corrected chi connectivity index (χ4v) is 3.55. The Balaban J connectivity index is 2.06. The van der Waals surface area contributed by atoms with Crippen LogP contribution in [0.3, 0.4) is 0 Å². The van der Waals surface area contributed by atoms with E-state index in [2.05, 4.69) is 15.9 Å². The molecular formula is C26H26BrNO2. The summed E-state index contributed by atoms with van der Waals surface area (Å²) in [6.45, 7) is 5.63. The van der Waals surface area contributed by atoms with Crippen LogP contribution >= 0.6 is 15.9 Å². The number of hydrogen-bond donors (Lipinski definition) is 0. The lowest BCUT2D eigenvalue weighted by atomic mass is 10.0. The van der Waals surface area contributed by atoms with Gasteiger partial charge >= 0.3 is 5.97 Å². The van der Waals surface area contributed by atoms with Crippen LogP contribution in [0, 0.1) is 0 Å². The highest BCUT2D eigenvalue weighted by molar-refractivity contribution is 9.10. The Bertz CT molecular complexity index is 966. The molecule has 0 radical (unpaired) electrons. The molecule has 3 aromatic rings. The highest BCUT2D eigenvalue weighted by Gasteiger charge is 2.26. The first-order valence-electron chi connectivity index (χ1n) is 9.98. The summed E-state index contributed by atoms with van der Waals surface area (Å²) in [6, 6.07) is 27.2. The number of carbonyl (C=O) groups excluding carboxylic acids is 1. The van der Waals surface area contributed by atoms with Crippen LogP contribution in [-0.4, -0.2) is 23.3 Å². The molecule has 0 N–H and O–H groups in total. The van der Waals surface area contributed by atoms with Gasteiger partial charge in [0.25, 0.3) is 0 Å². The Morgan fingerprint density at radius 3 is 1.97 bits per heavy atom. The first-order valence-corrected chi connectivity index (χ1v) is 10.8. The van der Waals surface area contributed by atoms with Crippen molar-refractivity contribution < 1.29 is 9.53 Å². The van der Waals surface area contributed by atoms with E-state index in [1.807, 2.05) is 106 Å². The van der Waals surface area contributed by atoms with Gasteiger partial charge in [-0.2, -0.15) is 0 Å². The molecule has 3 rings (SSSR count). The zero-order valence-electron chi connectivity index (χ0n) is 17.5. The van der Waals surface area contributed by atoms with Crippen LogP contribution in [-0.2, 0) is 16.0 Å². The number of nitrogens with zero attached hydrogens (tertiary/aromatic N) is 1. The second kappa shape index (κ2) is 9.86. The van der Waals surface area contributed by atoms with Gasteiger partial charge in [0.1, 0.15) is 5.60 Å². The van der Waals surface area contributed by atoms with E-state index in [1.165, 1.54) is 0 Å². The minimum atomic E-state index is -0.658. The molecule has 0 saturated carbocycles. The molecule has 0 unspecified atom stereocenters. The monoisotopic (exact) mass is 463 g/mol. The third-order valence-electron chi connectivity index (χ3n) is 4.38. The van der Waals surface area contributed by atoms with E-state index in [9.17, 15) is 4.79 Å². The lowest BCUT2D eigenvalue weighted by Crippen LogP contribution is -2.33. The lowest BCUT2D eigenvalue weighted by Gasteiger charge is -2.23. The topological polar surface area (TPSA) is 38.7 Å². The van der Waals surface area contributed by atoms with Gasteiger partial charge in [0, 0.05) is 22.0 Å². The number of halogens is 1. The minimum absolute atomic E-state index is 0.327.